The Hall–Kier alpha value is -3.13. The molecule has 2 fully saturated rings. The molecule has 2 N–H and O–H groups in total. The smallest absolute Gasteiger partial charge is 0.194 e. The highest BCUT2D eigenvalue weighted by Crippen LogP contribution is 2.39. The van der Waals surface area contributed by atoms with Crippen LogP contribution in [0.25, 0.3) is 22.4 Å². The molecular weight excluding hydrogens is 404 g/mol. The fourth-order valence-corrected chi connectivity index (χ4v) is 5.51. The quantitative estimate of drug-likeness (QED) is 0.657. The Morgan fingerprint density at radius 2 is 1.94 bits per heavy atom. The molecule has 3 aliphatic heterocycles. The number of aromatic hydroxyl groups is 1. The van der Waals surface area contributed by atoms with E-state index in [0.29, 0.717) is 36.0 Å². The van der Waals surface area contributed by atoms with Crippen molar-refractivity contribution in [1.82, 2.24) is 25.3 Å². The van der Waals surface area contributed by atoms with Crippen molar-refractivity contribution >= 4 is 5.82 Å². The molecule has 0 amide bonds. The number of aryl methyl sites for hydroxylation is 1. The molecule has 5 heterocycles. The molecule has 2 unspecified atom stereocenters. The van der Waals surface area contributed by atoms with E-state index in [4.69, 9.17) is 4.74 Å². The minimum Gasteiger partial charge on any atom is -0.507 e. The fraction of sp³-hybridized carbons (Fsp3) is 0.458. The number of anilines is 1. The standard InChI is InChI=1S/C24H28N6O2/c1-29-14-16(13-25-29)15-5-6-20(22(31)9-15)21-12-23-24(28-27-21)30(7-8-32-23)19-10-17-3-2-4-18(11-19)26-17/h5-6,9,12-14,17-19,26,31H,2-4,7-8,10-11H2,1H3/t17-,18?,19?/m0/s1. The van der Waals surface area contributed by atoms with Gasteiger partial charge in [-0.05, 0) is 43.4 Å². The summed E-state index contributed by atoms with van der Waals surface area (Å²) in [5.74, 6) is 1.75. The molecule has 0 saturated carbocycles. The van der Waals surface area contributed by atoms with Crippen molar-refractivity contribution in [2.45, 2.75) is 50.2 Å². The van der Waals surface area contributed by atoms with Gasteiger partial charge in [-0.25, -0.2) is 0 Å². The van der Waals surface area contributed by atoms with Crippen molar-refractivity contribution < 1.29 is 9.84 Å². The number of rotatable bonds is 3. The zero-order valence-electron chi connectivity index (χ0n) is 18.2. The Balaban J connectivity index is 1.28. The lowest BCUT2D eigenvalue weighted by Gasteiger charge is -2.46. The predicted molar refractivity (Wildman–Crippen MR) is 122 cm³/mol. The van der Waals surface area contributed by atoms with Crippen LogP contribution >= 0.6 is 0 Å². The third-order valence-electron chi connectivity index (χ3n) is 7.04. The van der Waals surface area contributed by atoms with Gasteiger partial charge in [-0.1, -0.05) is 12.5 Å². The van der Waals surface area contributed by atoms with Crippen LogP contribution in [0.1, 0.15) is 32.1 Å². The second-order valence-electron chi connectivity index (χ2n) is 9.21. The topological polar surface area (TPSA) is 88.3 Å². The van der Waals surface area contributed by atoms with E-state index >= 15 is 0 Å². The molecule has 2 saturated heterocycles. The SMILES string of the molecule is Cn1cc(-c2ccc(-c3cc4c(nn3)N(C3CC5CCC[C@@H](C3)N5)CCO4)c(O)c2)cn1. The van der Waals surface area contributed by atoms with Crippen molar-refractivity contribution in [3.05, 3.63) is 36.7 Å². The second-order valence-corrected chi connectivity index (χ2v) is 9.21. The third kappa shape index (κ3) is 3.48. The van der Waals surface area contributed by atoms with Crippen LogP contribution in [0, 0.1) is 0 Å². The number of hydrogen-bond acceptors (Lipinski definition) is 7. The van der Waals surface area contributed by atoms with E-state index in [1.54, 1.807) is 16.9 Å². The van der Waals surface area contributed by atoms with E-state index < -0.39 is 0 Å². The number of piperidine rings is 2. The molecule has 6 rings (SSSR count). The van der Waals surface area contributed by atoms with Gasteiger partial charge in [0.25, 0.3) is 0 Å². The molecule has 8 heteroatoms. The summed E-state index contributed by atoms with van der Waals surface area (Å²) < 4.78 is 7.73. The summed E-state index contributed by atoms with van der Waals surface area (Å²) in [4.78, 5) is 2.40. The first-order valence-electron chi connectivity index (χ1n) is 11.5. The first kappa shape index (κ1) is 19.5. The minimum atomic E-state index is 0.166. The highest BCUT2D eigenvalue weighted by Gasteiger charge is 2.36. The van der Waals surface area contributed by atoms with Crippen molar-refractivity contribution in [2.24, 2.45) is 7.05 Å². The number of fused-ring (bicyclic) bond motifs is 3. The van der Waals surface area contributed by atoms with E-state index in [9.17, 15) is 5.11 Å². The highest BCUT2D eigenvalue weighted by molar-refractivity contribution is 5.75. The first-order valence-corrected chi connectivity index (χ1v) is 11.5. The zero-order valence-corrected chi connectivity index (χ0v) is 18.2. The summed E-state index contributed by atoms with van der Waals surface area (Å²) in [7, 11) is 1.87. The van der Waals surface area contributed by atoms with Gasteiger partial charge < -0.3 is 20.1 Å². The molecular formula is C24H28N6O2. The van der Waals surface area contributed by atoms with E-state index in [1.807, 2.05) is 31.4 Å². The average molecular weight is 433 g/mol. The normalized spacial score (nSPS) is 24.7. The lowest BCUT2D eigenvalue weighted by molar-refractivity contribution is 0.205. The Morgan fingerprint density at radius 1 is 1.09 bits per heavy atom. The molecule has 3 aliphatic rings. The summed E-state index contributed by atoms with van der Waals surface area (Å²) in [5, 5.41) is 27.7. The number of phenolic OH excluding ortho intramolecular Hbond substituents is 1. The van der Waals surface area contributed by atoms with Crippen molar-refractivity contribution in [2.75, 3.05) is 18.1 Å². The molecule has 8 nitrogen and oxygen atoms in total. The lowest BCUT2D eigenvalue weighted by atomic mass is 9.83. The number of ether oxygens (including phenoxy) is 1. The predicted octanol–water partition coefficient (Wildman–Crippen LogP) is 3.12. The van der Waals surface area contributed by atoms with Gasteiger partial charge >= 0.3 is 0 Å². The van der Waals surface area contributed by atoms with Crippen LogP contribution in [0.2, 0.25) is 0 Å². The zero-order chi connectivity index (χ0) is 21.7. The Kier molecular flexibility index (Phi) is 4.75. The first-order chi connectivity index (χ1) is 15.6. The Labute approximate surface area is 187 Å². The number of nitrogens with zero attached hydrogens (tertiary/aromatic N) is 5. The van der Waals surface area contributed by atoms with Gasteiger partial charge in [0.15, 0.2) is 11.6 Å². The summed E-state index contributed by atoms with van der Waals surface area (Å²) >= 11 is 0. The molecule has 0 aliphatic carbocycles. The van der Waals surface area contributed by atoms with Gasteiger partial charge in [0.2, 0.25) is 0 Å². The largest absolute Gasteiger partial charge is 0.507 e. The van der Waals surface area contributed by atoms with Crippen LogP contribution in [0.3, 0.4) is 0 Å². The van der Waals surface area contributed by atoms with E-state index in [1.165, 1.54) is 19.3 Å². The van der Waals surface area contributed by atoms with Gasteiger partial charge in [-0.3, -0.25) is 4.68 Å². The number of hydrogen-bond donors (Lipinski definition) is 2. The Bertz CT molecular complexity index is 1130. The van der Waals surface area contributed by atoms with Gasteiger partial charge in [-0.15, -0.1) is 10.2 Å². The van der Waals surface area contributed by atoms with E-state index in [-0.39, 0.29) is 5.75 Å². The van der Waals surface area contributed by atoms with Gasteiger partial charge in [0.1, 0.15) is 18.1 Å². The summed E-state index contributed by atoms with van der Waals surface area (Å²) in [6, 6.07) is 9.20. The summed E-state index contributed by atoms with van der Waals surface area (Å²) in [6.45, 7) is 1.49. The average Bonchev–Trinajstić information content (AvgIpc) is 3.24. The summed E-state index contributed by atoms with van der Waals surface area (Å²) in [5.41, 5.74) is 3.12. The van der Waals surface area contributed by atoms with Crippen LogP contribution in [0.15, 0.2) is 36.7 Å². The molecule has 3 aromatic rings. The highest BCUT2D eigenvalue weighted by atomic mass is 16.5. The number of phenols is 1. The van der Waals surface area contributed by atoms with Crippen LogP contribution in [-0.2, 0) is 7.05 Å². The molecule has 166 valence electrons. The third-order valence-corrected chi connectivity index (χ3v) is 7.04. The van der Waals surface area contributed by atoms with Crippen LogP contribution in [-0.4, -0.2) is 56.4 Å². The molecule has 32 heavy (non-hydrogen) atoms. The summed E-state index contributed by atoms with van der Waals surface area (Å²) in [6.07, 6.45) is 9.87. The lowest BCUT2D eigenvalue weighted by Crippen LogP contribution is -2.56. The minimum absolute atomic E-state index is 0.166. The second kappa shape index (κ2) is 7.78. The van der Waals surface area contributed by atoms with E-state index in [2.05, 4.69) is 25.5 Å². The molecule has 0 radical (unpaired) electrons. The Morgan fingerprint density at radius 3 is 2.69 bits per heavy atom. The van der Waals surface area contributed by atoms with Gasteiger partial charge in [0, 0.05) is 48.6 Å². The van der Waals surface area contributed by atoms with Crippen molar-refractivity contribution in [3.8, 4) is 33.9 Å². The van der Waals surface area contributed by atoms with Crippen molar-refractivity contribution in [3.63, 3.8) is 0 Å². The molecule has 2 aromatic heterocycles. The number of nitrogens with one attached hydrogen (secondary N) is 1. The number of benzene rings is 1. The maximum Gasteiger partial charge on any atom is 0.194 e. The van der Waals surface area contributed by atoms with Gasteiger partial charge in [0.05, 0.1) is 12.7 Å². The molecule has 1 aromatic carbocycles. The molecule has 2 bridgehead atoms. The molecule has 3 atom stereocenters. The van der Waals surface area contributed by atoms with Crippen molar-refractivity contribution in [1.29, 1.82) is 0 Å². The van der Waals surface area contributed by atoms with Crippen LogP contribution < -0.4 is 15.0 Å². The van der Waals surface area contributed by atoms with Crippen LogP contribution in [0.4, 0.5) is 5.82 Å². The maximum absolute atomic E-state index is 10.7. The maximum atomic E-state index is 10.7. The van der Waals surface area contributed by atoms with Crippen LogP contribution in [0.5, 0.6) is 11.5 Å². The number of aromatic nitrogens is 4. The van der Waals surface area contributed by atoms with E-state index in [0.717, 1.165) is 42.1 Å². The molecule has 0 spiro atoms. The monoisotopic (exact) mass is 432 g/mol. The fourth-order valence-electron chi connectivity index (χ4n) is 5.51. The van der Waals surface area contributed by atoms with Gasteiger partial charge in [-0.2, -0.15) is 5.10 Å².